The van der Waals surface area contributed by atoms with Gasteiger partial charge in [0.15, 0.2) is 0 Å². The van der Waals surface area contributed by atoms with Gasteiger partial charge >= 0.3 is 55.5 Å². The Kier molecular flexibility index (Phi) is 13.1. The van der Waals surface area contributed by atoms with Crippen LogP contribution >= 0.6 is 6.21 Å². The van der Waals surface area contributed by atoms with E-state index in [-0.39, 0.29) is 48.4 Å². The minimum Gasteiger partial charge on any atom is -0.813 e. The zero-order valence-electron chi connectivity index (χ0n) is 4.20. The van der Waals surface area contributed by atoms with Crippen molar-refractivity contribution in [2.45, 2.75) is 0 Å². The largest absolute Gasteiger partial charge is 1.00 e. The normalized spacial score (nSPS) is 8.86. The first-order chi connectivity index (χ1) is 2.00. The smallest absolute Gasteiger partial charge is 0.813 e. The number of thiol groups is 1. The van der Waals surface area contributed by atoms with Gasteiger partial charge in [-0.3, -0.25) is 0 Å². The van der Waals surface area contributed by atoms with Gasteiger partial charge in [0.2, 0.25) is 0 Å². The molecule has 0 aliphatic rings. The molecule has 0 heterocycles. The summed E-state index contributed by atoms with van der Waals surface area (Å²) < 4.78 is 9.41. The molecule has 0 aromatic heterocycles. The third-order valence-electron chi connectivity index (χ3n) is 0. The first kappa shape index (κ1) is 15.9. The van der Waals surface area contributed by atoms with Crippen molar-refractivity contribution in [3.05, 3.63) is 0 Å². The number of rotatable bonds is 0. The van der Waals surface area contributed by atoms with Crippen LogP contribution in [-0.4, -0.2) is 25.8 Å². The molecule has 0 atom stereocenters. The molecular formula is H6GeLiO3PS. The first-order valence-corrected chi connectivity index (χ1v) is 8.72. The summed E-state index contributed by atoms with van der Waals surface area (Å²) in [4.78, 5) is 15.4. The summed E-state index contributed by atoms with van der Waals surface area (Å²) in [6.45, 7) is 0. The minimum atomic E-state index is -3.45. The van der Waals surface area contributed by atoms with Crippen molar-refractivity contribution >= 4 is 35.8 Å². The summed E-state index contributed by atoms with van der Waals surface area (Å²) in [7, 11) is 0. The number of hydrogen-bond donors (Lipinski definition) is 2. The van der Waals surface area contributed by atoms with Crippen molar-refractivity contribution in [2.24, 2.45) is 0 Å². The van der Waals surface area contributed by atoms with E-state index in [0.29, 0.717) is 0 Å². The van der Waals surface area contributed by atoms with E-state index in [0.717, 1.165) is 0 Å². The van der Waals surface area contributed by atoms with Crippen molar-refractivity contribution in [2.75, 3.05) is 0 Å². The van der Waals surface area contributed by atoms with E-state index in [1.165, 1.54) is 0 Å². The number of hydrogen-bond acceptors (Lipinski definition) is 2. The van der Waals surface area contributed by atoms with E-state index in [1.807, 2.05) is 0 Å². The molecule has 0 aromatic rings. The maximum Gasteiger partial charge on any atom is 1.00 e. The molecule has 0 spiro atoms. The Morgan fingerprint density at radius 2 is 1.43 bits per heavy atom. The molecule has 3 nitrogen and oxygen atoms in total. The Labute approximate surface area is 68.8 Å². The molecule has 0 saturated heterocycles. The fourth-order valence-corrected chi connectivity index (χ4v) is 0. The summed E-state index contributed by atoms with van der Waals surface area (Å²) in [5, 5.41) is 0. The molecule has 0 aliphatic carbocycles. The maximum absolute atomic E-state index is 9.41. The SMILES string of the molecule is O=[P](O)(O)[GeH3].[Li+].[SH-]. The zero-order chi connectivity index (χ0) is 4.50. The molecule has 0 saturated carbocycles. The average Bonchev–Trinajstić information content (AvgIpc) is 0.722. The van der Waals surface area contributed by atoms with Crippen molar-refractivity contribution in [3.8, 4) is 0 Å². The van der Waals surface area contributed by atoms with Crippen LogP contribution in [0.2, 0.25) is 0 Å². The Morgan fingerprint density at radius 1 is 1.43 bits per heavy atom. The van der Waals surface area contributed by atoms with Crippen LogP contribution in [0.15, 0.2) is 0 Å². The van der Waals surface area contributed by atoms with Gasteiger partial charge in [0.1, 0.15) is 0 Å². The third-order valence-corrected chi connectivity index (χ3v) is 0. The standard InChI is InChI=1S/GeH5O3P.Li.H2S/c1-5(2,3)4;;/h1H3,(H2,2,3,4);;1H2/q;+1;/p-1. The van der Waals surface area contributed by atoms with Gasteiger partial charge in [0, 0.05) is 0 Å². The van der Waals surface area contributed by atoms with Crippen LogP contribution in [0.4, 0.5) is 0 Å². The van der Waals surface area contributed by atoms with E-state index in [2.05, 4.69) is 0 Å². The molecule has 0 unspecified atom stereocenters. The van der Waals surface area contributed by atoms with Crippen molar-refractivity contribution in [1.29, 1.82) is 0 Å². The van der Waals surface area contributed by atoms with Crippen molar-refractivity contribution < 1.29 is 33.2 Å². The van der Waals surface area contributed by atoms with E-state index < -0.39 is 6.21 Å². The van der Waals surface area contributed by atoms with Crippen molar-refractivity contribution in [3.63, 3.8) is 0 Å². The van der Waals surface area contributed by atoms with E-state index in [4.69, 9.17) is 9.79 Å². The van der Waals surface area contributed by atoms with Crippen LogP contribution in [0.1, 0.15) is 0 Å². The summed E-state index contributed by atoms with van der Waals surface area (Å²) >= 11 is -0.333. The van der Waals surface area contributed by atoms with Crippen LogP contribution in [-0.2, 0) is 18.1 Å². The summed E-state index contributed by atoms with van der Waals surface area (Å²) in [6, 6.07) is 0. The fourth-order valence-electron chi connectivity index (χ4n) is 0. The van der Waals surface area contributed by atoms with Crippen LogP contribution in [0.25, 0.3) is 0 Å². The van der Waals surface area contributed by atoms with Gasteiger partial charge in [-0.1, -0.05) is 0 Å². The third kappa shape index (κ3) is 90.3. The molecule has 0 aliphatic heterocycles. The van der Waals surface area contributed by atoms with Crippen LogP contribution < -0.4 is 18.9 Å². The monoisotopic (exact) mass is 198 g/mol. The van der Waals surface area contributed by atoms with Crippen LogP contribution in [0.5, 0.6) is 0 Å². The van der Waals surface area contributed by atoms with Crippen LogP contribution in [0, 0.1) is 0 Å². The molecule has 0 bridgehead atoms. The Balaban J connectivity index is -0.0000000800. The van der Waals surface area contributed by atoms with Crippen LogP contribution in [0.3, 0.4) is 0 Å². The summed E-state index contributed by atoms with van der Waals surface area (Å²) in [6.07, 6.45) is -3.45. The van der Waals surface area contributed by atoms with E-state index in [9.17, 15) is 4.57 Å². The topological polar surface area (TPSA) is 57.5 Å². The molecule has 2 N–H and O–H groups in total. The van der Waals surface area contributed by atoms with E-state index >= 15 is 0 Å². The molecule has 0 rings (SSSR count). The fraction of sp³-hybridized carbons (Fsp3) is 0. The molecule has 7 heavy (non-hydrogen) atoms. The van der Waals surface area contributed by atoms with Gasteiger partial charge < -0.3 is 13.5 Å². The second kappa shape index (κ2) is 5.77. The second-order valence-corrected chi connectivity index (χ2v) is 9.84. The van der Waals surface area contributed by atoms with Gasteiger partial charge in [-0.2, -0.15) is 0 Å². The molecule has 7 heteroatoms. The van der Waals surface area contributed by atoms with Gasteiger partial charge in [-0.15, -0.1) is 0 Å². The summed E-state index contributed by atoms with van der Waals surface area (Å²) in [5.74, 6) is 0. The van der Waals surface area contributed by atoms with Gasteiger partial charge in [-0.05, 0) is 0 Å². The summed E-state index contributed by atoms with van der Waals surface area (Å²) in [5.41, 5.74) is 0. The molecule has 0 aromatic carbocycles. The maximum atomic E-state index is 9.41. The van der Waals surface area contributed by atoms with E-state index in [1.54, 1.807) is 0 Å². The average molecular weight is 197 g/mol. The van der Waals surface area contributed by atoms with Gasteiger partial charge in [-0.25, -0.2) is 0 Å². The molecule has 40 valence electrons. The molecule has 0 amide bonds. The Bertz CT molecular complexity index is 61.1. The van der Waals surface area contributed by atoms with Gasteiger partial charge in [0.25, 0.3) is 0 Å². The molecule has 0 fully saturated rings. The van der Waals surface area contributed by atoms with Crippen molar-refractivity contribution in [1.82, 2.24) is 0 Å². The molecule has 0 radical (unpaired) electrons. The quantitative estimate of drug-likeness (QED) is 0.177. The predicted octanol–water partition coefficient (Wildman–Crippen LogP) is -4.82. The second-order valence-electron chi connectivity index (χ2n) is 0.835. The molecular weight excluding hydrogens is 191 g/mol. The Hall–Kier alpha value is 1.64. The Morgan fingerprint density at radius 3 is 1.43 bits per heavy atom. The zero-order valence-corrected chi connectivity index (χ0v) is 10.2. The van der Waals surface area contributed by atoms with Gasteiger partial charge in [0.05, 0.1) is 0 Å². The predicted molar refractivity (Wildman–Crippen MR) is 30.7 cm³/mol. The first-order valence-electron chi connectivity index (χ1n) is 1.03. The minimum absolute atomic E-state index is 0.